The van der Waals surface area contributed by atoms with Crippen LogP contribution in [0.5, 0.6) is 0 Å². The van der Waals surface area contributed by atoms with E-state index in [-0.39, 0.29) is 5.79 Å². The first-order valence-electron chi connectivity index (χ1n) is 4.96. The zero-order valence-corrected chi connectivity index (χ0v) is 8.01. The number of hydrogen-bond acceptors (Lipinski definition) is 2. The highest BCUT2D eigenvalue weighted by molar-refractivity contribution is 4.87. The number of hydrogen-bond donors (Lipinski definition) is 0. The van der Waals surface area contributed by atoms with E-state index in [9.17, 15) is 0 Å². The molecule has 0 aromatic rings. The lowest BCUT2D eigenvalue weighted by atomic mass is 9.85. The van der Waals surface area contributed by atoms with Gasteiger partial charge in [-0.2, -0.15) is 0 Å². The molecule has 3 atom stereocenters. The van der Waals surface area contributed by atoms with E-state index in [1.54, 1.807) is 7.11 Å². The summed E-state index contributed by atoms with van der Waals surface area (Å²) in [5.74, 6) is 0.489. The minimum atomic E-state index is -0.278. The summed E-state index contributed by atoms with van der Waals surface area (Å²) in [5, 5.41) is 0. The predicted octanol–water partition coefficient (Wildman–Crippen LogP) is 2.33. The van der Waals surface area contributed by atoms with Gasteiger partial charge in [0.15, 0.2) is 5.79 Å². The monoisotopic (exact) mass is 170 g/mol. The molecular formula is C10H18O2. The van der Waals surface area contributed by atoms with E-state index in [2.05, 4.69) is 6.92 Å². The van der Waals surface area contributed by atoms with E-state index in [1.165, 1.54) is 25.7 Å². The van der Waals surface area contributed by atoms with Crippen molar-refractivity contribution < 1.29 is 9.47 Å². The van der Waals surface area contributed by atoms with Crippen LogP contribution in [0.15, 0.2) is 0 Å². The van der Waals surface area contributed by atoms with Crippen molar-refractivity contribution >= 4 is 0 Å². The second kappa shape index (κ2) is 3.00. The molecule has 0 N–H and O–H groups in total. The summed E-state index contributed by atoms with van der Waals surface area (Å²) in [6, 6.07) is 0. The molecule has 1 saturated heterocycles. The van der Waals surface area contributed by atoms with Crippen LogP contribution in [0.4, 0.5) is 0 Å². The van der Waals surface area contributed by atoms with Crippen molar-refractivity contribution in [2.24, 2.45) is 5.92 Å². The molecule has 0 bridgehead atoms. The van der Waals surface area contributed by atoms with Gasteiger partial charge in [0.1, 0.15) is 0 Å². The number of rotatable bonds is 1. The maximum atomic E-state index is 5.88. The van der Waals surface area contributed by atoms with Crippen LogP contribution in [-0.4, -0.2) is 19.0 Å². The highest BCUT2D eigenvalue weighted by Crippen LogP contribution is 2.42. The first-order chi connectivity index (χ1) is 5.73. The normalized spacial score (nSPS) is 47.5. The third kappa shape index (κ3) is 1.38. The summed E-state index contributed by atoms with van der Waals surface area (Å²) >= 11 is 0. The molecule has 1 saturated carbocycles. The van der Waals surface area contributed by atoms with Crippen LogP contribution >= 0.6 is 0 Å². The SMILES string of the molecule is COC1(C)CC2CCCCC2O1. The first kappa shape index (κ1) is 8.52. The van der Waals surface area contributed by atoms with Crippen molar-refractivity contribution in [3.05, 3.63) is 0 Å². The molecule has 0 amide bonds. The lowest BCUT2D eigenvalue weighted by molar-refractivity contribution is -0.200. The Kier molecular flexibility index (Phi) is 2.13. The van der Waals surface area contributed by atoms with Gasteiger partial charge in [0.05, 0.1) is 6.10 Å². The number of fused-ring (bicyclic) bond motifs is 1. The number of ether oxygens (including phenoxy) is 2. The molecule has 0 aromatic heterocycles. The van der Waals surface area contributed by atoms with Crippen molar-refractivity contribution in [3.8, 4) is 0 Å². The molecule has 2 heteroatoms. The van der Waals surface area contributed by atoms with Crippen molar-refractivity contribution in [1.82, 2.24) is 0 Å². The Labute approximate surface area is 74.2 Å². The van der Waals surface area contributed by atoms with Gasteiger partial charge in [-0.3, -0.25) is 0 Å². The van der Waals surface area contributed by atoms with Crippen LogP contribution in [0.25, 0.3) is 0 Å². The summed E-state index contributed by atoms with van der Waals surface area (Å²) < 4.78 is 11.2. The first-order valence-corrected chi connectivity index (χ1v) is 4.96. The molecule has 0 spiro atoms. The molecular weight excluding hydrogens is 152 g/mol. The Morgan fingerprint density at radius 1 is 1.33 bits per heavy atom. The standard InChI is InChI=1S/C10H18O2/c1-10(11-2)7-8-5-3-4-6-9(8)12-10/h8-9H,3-7H2,1-2H3. The molecule has 1 aliphatic heterocycles. The summed E-state index contributed by atoms with van der Waals surface area (Å²) in [6.45, 7) is 2.06. The van der Waals surface area contributed by atoms with Crippen LogP contribution in [0, 0.1) is 5.92 Å². The average molecular weight is 170 g/mol. The van der Waals surface area contributed by atoms with Gasteiger partial charge in [-0.05, 0) is 25.7 Å². The summed E-state index contributed by atoms with van der Waals surface area (Å²) in [5.41, 5.74) is 0. The lowest BCUT2D eigenvalue weighted by Gasteiger charge is -2.24. The Morgan fingerprint density at radius 3 is 2.75 bits per heavy atom. The molecule has 70 valence electrons. The van der Waals surface area contributed by atoms with Gasteiger partial charge >= 0.3 is 0 Å². The Morgan fingerprint density at radius 2 is 2.08 bits per heavy atom. The fourth-order valence-corrected chi connectivity index (χ4v) is 2.54. The molecule has 2 fully saturated rings. The van der Waals surface area contributed by atoms with Crippen molar-refractivity contribution in [2.75, 3.05) is 7.11 Å². The largest absolute Gasteiger partial charge is 0.353 e. The van der Waals surface area contributed by atoms with E-state index in [1.807, 2.05) is 0 Å². The highest BCUT2D eigenvalue weighted by atomic mass is 16.7. The summed E-state index contributed by atoms with van der Waals surface area (Å²) in [7, 11) is 1.75. The smallest absolute Gasteiger partial charge is 0.165 e. The van der Waals surface area contributed by atoms with Crippen molar-refractivity contribution in [2.45, 2.75) is 50.9 Å². The van der Waals surface area contributed by atoms with E-state index < -0.39 is 0 Å². The van der Waals surface area contributed by atoms with Gasteiger partial charge in [-0.25, -0.2) is 0 Å². The molecule has 0 aromatic carbocycles. The number of methoxy groups -OCH3 is 1. The maximum Gasteiger partial charge on any atom is 0.165 e. The van der Waals surface area contributed by atoms with Crippen LogP contribution < -0.4 is 0 Å². The Bertz CT molecular complexity index is 153. The van der Waals surface area contributed by atoms with Crippen LogP contribution in [0.2, 0.25) is 0 Å². The minimum Gasteiger partial charge on any atom is -0.353 e. The minimum absolute atomic E-state index is 0.278. The Hall–Kier alpha value is -0.0800. The van der Waals surface area contributed by atoms with E-state index in [0.29, 0.717) is 6.10 Å². The van der Waals surface area contributed by atoms with Crippen LogP contribution in [-0.2, 0) is 9.47 Å². The molecule has 2 aliphatic rings. The second-order valence-corrected chi connectivity index (χ2v) is 4.24. The van der Waals surface area contributed by atoms with Gasteiger partial charge in [0.2, 0.25) is 0 Å². The van der Waals surface area contributed by atoms with Gasteiger partial charge in [-0.15, -0.1) is 0 Å². The van der Waals surface area contributed by atoms with Crippen molar-refractivity contribution in [3.63, 3.8) is 0 Å². The van der Waals surface area contributed by atoms with Gasteiger partial charge in [-0.1, -0.05) is 12.8 Å². The fourth-order valence-electron chi connectivity index (χ4n) is 2.54. The average Bonchev–Trinajstić information content (AvgIpc) is 2.42. The zero-order chi connectivity index (χ0) is 8.60. The van der Waals surface area contributed by atoms with Gasteiger partial charge in [0, 0.05) is 13.5 Å². The molecule has 2 nitrogen and oxygen atoms in total. The summed E-state index contributed by atoms with van der Waals surface area (Å²) in [4.78, 5) is 0. The highest BCUT2D eigenvalue weighted by Gasteiger charge is 2.43. The predicted molar refractivity (Wildman–Crippen MR) is 46.9 cm³/mol. The molecule has 12 heavy (non-hydrogen) atoms. The maximum absolute atomic E-state index is 5.88. The van der Waals surface area contributed by atoms with E-state index in [4.69, 9.17) is 9.47 Å². The van der Waals surface area contributed by atoms with Crippen LogP contribution in [0.3, 0.4) is 0 Å². The lowest BCUT2D eigenvalue weighted by Crippen LogP contribution is -2.27. The molecule has 1 aliphatic carbocycles. The second-order valence-electron chi connectivity index (χ2n) is 4.24. The molecule has 3 unspecified atom stereocenters. The third-order valence-electron chi connectivity index (χ3n) is 3.30. The fraction of sp³-hybridized carbons (Fsp3) is 1.00. The van der Waals surface area contributed by atoms with E-state index >= 15 is 0 Å². The molecule has 0 radical (unpaired) electrons. The molecule has 1 heterocycles. The van der Waals surface area contributed by atoms with Crippen LogP contribution in [0.1, 0.15) is 39.0 Å². The Balaban J connectivity index is 2.02. The zero-order valence-electron chi connectivity index (χ0n) is 8.01. The molecule has 2 rings (SSSR count). The quantitative estimate of drug-likeness (QED) is 0.601. The summed E-state index contributed by atoms with van der Waals surface area (Å²) in [6.07, 6.45) is 6.87. The van der Waals surface area contributed by atoms with Gasteiger partial charge in [0.25, 0.3) is 0 Å². The van der Waals surface area contributed by atoms with E-state index in [0.717, 1.165) is 12.3 Å². The topological polar surface area (TPSA) is 18.5 Å². The third-order valence-corrected chi connectivity index (χ3v) is 3.30. The van der Waals surface area contributed by atoms with Gasteiger partial charge < -0.3 is 9.47 Å². The van der Waals surface area contributed by atoms with Crippen molar-refractivity contribution in [1.29, 1.82) is 0 Å².